The van der Waals surface area contributed by atoms with Crippen molar-refractivity contribution < 1.29 is 0 Å². The number of aryl methyl sites for hydroxylation is 1. The van der Waals surface area contributed by atoms with E-state index < -0.39 is 0 Å². The molecule has 0 spiro atoms. The summed E-state index contributed by atoms with van der Waals surface area (Å²) in [6, 6.07) is 10.6. The predicted octanol–water partition coefficient (Wildman–Crippen LogP) is 1.85. The largest absolute Gasteiger partial charge is 0.240 e. The Morgan fingerprint density at radius 1 is 1.50 bits per heavy atom. The van der Waals surface area contributed by atoms with Crippen LogP contribution < -0.4 is 0 Å². The van der Waals surface area contributed by atoms with Crippen LogP contribution in [0.15, 0.2) is 30.6 Å². The van der Waals surface area contributed by atoms with Gasteiger partial charge in [0.2, 0.25) is 0 Å². The van der Waals surface area contributed by atoms with Crippen molar-refractivity contribution in [3.63, 3.8) is 0 Å². The summed E-state index contributed by atoms with van der Waals surface area (Å²) in [7, 11) is 0. The minimum absolute atomic E-state index is 0.699. The summed E-state index contributed by atoms with van der Waals surface area (Å²) < 4.78 is 1.72. The summed E-state index contributed by atoms with van der Waals surface area (Å²) in [5.41, 5.74) is 2.60. The molecule has 0 atom stereocenters. The fraction of sp³-hybridized carbons (Fsp3) is 0.0909. The molecule has 0 saturated carbocycles. The lowest BCUT2D eigenvalue weighted by Crippen LogP contribution is -1.95. The molecule has 67 valence electrons. The molecule has 0 amide bonds. The first kappa shape index (κ1) is 8.52. The van der Waals surface area contributed by atoms with Crippen LogP contribution in [0.25, 0.3) is 5.69 Å². The molecular weight excluding hydrogens is 174 g/mol. The maximum Gasteiger partial charge on any atom is 0.0994 e. The summed E-state index contributed by atoms with van der Waals surface area (Å²) in [5.74, 6) is 0. The summed E-state index contributed by atoms with van der Waals surface area (Å²) in [4.78, 5) is 0. The van der Waals surface area contributed by atoms with Gasteiger partial charge >= 0.3 is 0 Å². The van der Waals surface area contributed by atoms with E-state index in [1.807, 2.05) is 19.1 Å². The van der Waals surface area contributed by atoms with Crippen molar-refractivity contribution in [2.45, 2.75) is 6.92 Å². The van der Waals surface area contributed by atoms with Crippen LogP contribution in [0.5, 0.6) is 0 Å². The lowest BCUT2D eigenvalue weighted by Gasteiger charge is -2.03. The number of hydrogen-bond acceptors (Lipinski definition) is 2. The second-order valence-electron chi connectivity index (χ2n) is 3.00. The number of benzene rings is 1. The quantitative estimate of drug-likeness (QED) is 0.675. The topological polar surface area (TPSA) is 41.6 Å². The zero-order chi connectivity index (χ0) is 9.97. The SMILES string of the molecule is Cc1cc(-n2c[c]cn2)ccc1C#N. The van der Waals surface area contributed by atoms with Gasteiger partial charge in [-0.15, -0.1) is 0 Å². The van der Waals surface area contributed by atoms with E-state index in [-0.39, 0.29) is 0 Å². The molecule has 14 heavy (non-hydrogen) atoms. The fourth-order valence-corrected chi connectivity index (χ4v) is 1.29. The minimum atomic E-state index is 0.699. The maximum absolute atomic E-state index is 8.76. The highest BCUT2D eigenvalue weighted by atomic mass is 15.3. The van der Waals surface area contributed by atoms with Gasteiger partial charge in [0.05, 0.1) is 23.5 Å². The van der Waals surface area contributed by atoms with Crippen LogP contribution in [0.2, 0.25) is 0 Å². The monoisotopic (exact) mass is 182 g/mol. The number of aromatic nitrogens is 2. The molecule has 0 bridgehead atoms. The Hall–Kier alpha value is -2.08. The maximum atomic E-state index is 8.76. The molecule has 0 fully saturated rings. The van der Waals surface area contributed by atoms with E-state index in [9.17, 15) is 0 Å². The highest BCUT2D eigenvalue weighted by Gasteiger charge is 2.00. The molecular formula is C11H8N3. The molecule has 0 unspecified atom stereocenters. The van der Waals surface area contributed by atoms with Crippen molar-refractivity contribution >= 4 is 0 Å². The Morgan fingerprint density at radius 2 is 2.36 bits per heavy atom. The van der Waals surface area contributed by atoms with E-state index >= 15 is 0 Å². The normalized spacial score (nSPS) is 9.71. The first-order valence-electron chi connectivity index (χ1n) is 4.23. The van der Waals surface area contributed by atoms with Gasteiger partial charge in [0, 0.05) is 12.3 Å². The van der Waals surface area contributed by atoms with Crippen molar-refractivity contribution in [2.24, 2.45) is 0 Å². The minimum Gasteiger partial charge on any atom is -0.240 e. The van der Waals surface area contributed by atoms with E-state index in [0.717, 1.165) is 11.3 Å². The third-order valence-electron chi connectivity index (χ3n) is 2.05. The standard InChI is InChI=1S/C11H8N3/c1-9-7-11(4-3-10(9)8-12)14-6-2-5-13-14/h3-7H,1H3. The summed E-state index contributed by atoms with van der Waals surface area (Å²) in [6.45, 7) is 1.91. The van der Waals surface area contributed by atoms with Crippen molar-refractivity contribution in [3.8, 4) is 11.8 Å². The van der Waals surface area contributed by atoms with Gasteiger partial charge in [-0.25, -0.2) is 4.68 Å². The Bertz CT molecular complexity index is 478. The van der Waals surface area contributed by atoms with Crippen molar-refractivity contribution in [1.82, 2.24) is 9.78 Å². The van der Waals surface area contributed by atoms with Crippen LogP contribution in [-0.2, 0) is 0 Å². The van der Waals surface area contributed by atoms with E-state index in [0.29, 0.717) is 5.56 Å². The fourth-order valence-electron chi connectivity index (χ4n) is 1.29. The second kappa shape index (κ2) is 3.35. The smallest absolute Gasteiger partial charge is 0.0994 e. The average Bonchev–Trinajstić information content (AvgIpc) is 2.70. The van der Waals surface area contributed by atoms with Crippen LogP contribution in [0.3, 0.4) is 0 Å². The van der Waals surface area contributed by atoms with Crippen molar-refractivity contribution in [2.75, 3.05) is 0 Å². The van der Waals surface area contributed by atoms with E-state index in [4.69, 9.17) is 5.26 Å². The molecule has 2 aromatic rings. The molecule has 0 N–H and O–H groups in total. The predicted molar refractivity (Wildman–Crippen MR) is 51.9 cm³/mol. The van der Waals surface area contributed by atoms with E-state index in [2.05, 4.69) is 17.2 Å². The molecule has 3 heteroatoms. The Morgan fingerprint density at radius 3 is 2.93 bits per heavy atom. The van der Waals surface area contributed by atoms with E-state index in [1.165, 1.54) is 0 Å². The van der Waals surface area contributed by atoms with Gasteiger partial charge in [-0.3, -0.25) is 0 Å². The van der Waals surface area contributed by atoms with Crippen LogP contribution in [-0.4, -0.2) is 9.78 Å². The molecule has 1 heterocycles. The zero-order valence-electron chi connectivity index (χ0n) is 7.73. The Labute approximate surface area is 82.2 Å². The third-order valence-corrected chi connectivity index (χ3v) is 2.05. The van der Waals surface area contributed by atoms with Gasteiger partial charge in [0.1, 0.15) is 0 Å². The van der Waals surface area contributed by atoms with Gasteiger partial charge in [-0.05, 0) is 30.7 Å². The van der Waals surface area contributed by atoms with Crippen LogP contribution in [0.4, 0.5) is 0 Å². The van der Waals surface area contributed by atoms with Gasteiger partial charge in [-0.2, -0.15) is 10.4 Å². The summed E-state index contributed by atoms with van der Waals surface area (Å²) >= 11 is 0. The lowest BCUT2D eigenvalue weighted by atomic mass is 10.1. The van der Waals surface area contributed by atoms with E-state index in [1.54, 1.807) is 23.1 Å². The van der Waals surface area contributed by atoms with Crippen molar-refractivity contribution in [3.05, 3.63) is 47.8 Å². The highest BCUT2D eigenvalue weighted by molar-refractivity contribution is 5.44. The highest BCUT2D eigenvalue weighted by Crippen LogP contribution is 2.12. The number of rotatable bonds is 1. The zero-order valence-corrected chi connectivity index (χ0v) is 7.73. The molecule has 0 saturated heterocycles. The molecule has 2 rings (SSSR count). The molecule has 1 aromatic carbocycles. The summed E-state index contributed by atoms with van der Waals surface area (Å²) in [5, 5.41) is 12.8. The lowest BCUT2D eigenvalue weighted by molar-refractivity contribution is 0.879. The first-order chi connectivity index (χ1) is 6.81. The Kier molecular flexibility index (Phi) is 2.04. The number of nitriles is 1. The Balaban J connectivity index is 2.49. The number of hydrogen-bond donors (Lipinski definition) is 0. The average molecular weight is 182 g/mol. The summed E-state index contributed by atoms with van der Waals surface area (Å²) in [6.07, 6.45) is 3.36. The first-order valence-corrected chi connectivity index (χ1v) is 4.23. The molecule has 1 aromatic heterocycles. The van der Waals surface area contributed by atoms with Gasteiger partial charge in [0.15, 0.2) is 0 Å². The second-order valence-corrected chi connectivity index (χ2v) is 3.00. The van der Waals surface area contributed by atoms with Gasteiger partial charge in [-0.1, -0.05) is 0 Å². The van der Waals surface area contributed by atoms with Crippen LogP contribution in [0.1, 0.15) is 11.1 Å². The molecule has 0 aliphatic heterocycles. The van der Waals surface area contributed by atoms with Crippen LogP contribution in [0, 0.1) is 24.3 Å². The molecule has 0 aliphatic rings. The third kappa shape index (κ3) is 1.38. The van der Waals surface area contributed by atoms with Crippen molar-refractivity contribution in [1.29, 1.82) is 5.26 Å². The molecule has 3 nitrogen and oxygen atoms in total. The molecule has 1 radical (unpaired) electrons. The molecule has 0 aliphatic carbocycles. The number of nitrogens with zero attached hydrogens (tertiary/aromatic N) is 3. The van der Waals surface area contributed by atoms with Gasteiger partial charge < -0.3 is 0 Å². The van der Waals surface area contributed by atoms with Crippen LogP contribution >= 0.6 is 0 Å². The van der Waals surface area contributed by atoms with Gasteiger partial charge in [0.25, 0.3) is 0 Å².